The molecule has 9 nitrogen and oxygen atoms in total. The molecule has 1 aromatic heterocycles. The van der Waals surface area contributed by atoms with Gasteiger partial charge in [0.15, 0.2) is 0 Å². The number of carbonyl (C=O) groups excluding carboxylic acids is 1. The Morgan fingerprint density at radius 2 is 1.53 bits per heavy atom. The van der Waals surface area contributed by atoms with E-state index in [0.29, 0.717) is 17.3 Å². The van der Waals surface area contributed by atoms with E-state index in [-0.39, 0.29) is 19.6 Å². The maximum absolute atomic E-state index is 13.2. The summed E-state index contributed by atoms with van der Waals surface area (Å²) in [4.78, 5) is 39.6. The van der Waals surface area contributed by atoms with Gasteiger partial charge in [-0.15, -0.1) is 6.42 Å². The second kappa shape index (κ2) is 21.1. The quantitative estimate of drug-likeness (QED) is 0.106. The van der Waals surface area contributed by atoms with Gasteiger partial charge in [-0.3, -0.25) is 14.3 Å². The highest BCUT2D eigenvalue weighted by Gasteiger charge is 2.40. The van der Waals surface area contributed by atoms with Crippen molar-refractivity contribution < 1.29 is 32.2 Å². The number of nitrogens with zero attached hydrogens (tertiary/aromatic N) is 2. The van der Waals surface area contributed by atoms with Crippen LogP contribution in [0.2, 0.25) is 0 Å². The number of nitrogens with one attached hydrogen (secondary N) is 1. The summed E-state index contributed by atoms with van der Waals surface area (Å²) in [5.74, 6) is 2.31. The van der Waals surface area contributed by atoms with E-state index < -0.39 is 47.5 Å². The largest absolute Gasteiger partial charge is 0.447 e. The lowest BCUT2D eigenvalue weighted by Gasteiger charge is -2.21. The van der Waals surface area contributed by atoms with Gasteiger partial charge in [0.2, 0.25) is 0 Å². The van der Waals surface area contributed by atoms with Gasteiger partial charge in [0.1, 0.15) is 31.1 Å². The zero-order valence-electron chi connectivity index (χ0n) is 27.0. The van der Waals surface area contributed by atoms with E-state index in [0.717, 1.165) is 19.3 Å². The van der Waals surface area contributed by atoms with Gasteiger partial charge in [-0.25, -0.2) is 9.59 Å². The summed E-state index contributed by atoms with van der Waals surface area (Å²) >= 11 is 0. The fraction of sp³-hybridized carbons (Fsp3) is 0.788. The van der Waals surface area contributed by atoms with Crippen molar-refractivity contribution in [2.24, 2.45) is 0 Å². The molecule has 0 radical (unpaired) electrons. The minimum atomic E-state index is -4.97. The molecule has 0 saturated carbocycles. The molecule has 1 N–H and O–H groups in total. The van der Waals surface area contributed by atoms with Crippen LogP contribution in [0.15, 0.2) is 15.8 Å². The Morgan fingerprint density at radius 3 is 2.04 bits per heavy atom. The van der Waals surface area contributed by atoms with Crippen LogP contribution < -0.4 is 11.2 Å². The zero-order chi connectivity index (χ0) is 33.1. The smallest absolute Gasteiger partial charge is 0.423 e. The van der Waals surface area contributed by atoms with Crippen LogP contribution in [0.1, 0.15) is 128 Å². The van der Waals surface area contributed by atoms with E-state index in [1.54, 1.807) is 12.0 Å². The monoisotopic (exact) mass is 643 g/mol. The first-order valence-electron chi connectivity index (χ1n) is 16.6. The number of hydrogen-bond acceptors (Lipinski definition) is 6. The Labute approximate surface area is 265 Å². The lowest BCUT2D eigenvalue weighted by Crippen LogP contribution is -2.37. The first kappa shape index (κ1) is 38.4. The number of ether oxygens (including phenoxy) is 3. The molecule has 0 spiro atoms. The van der Waals surface area contributed by atoms with Gasteiger partial charge < -0.3 is 19.1 Å². The van der Waals surface area contributed by atoms with Gasteiger partial charge in [-0.2, -0.15) is 13.2 Å². The number of aromatic amines is 1. The minimum absolute atomic E-state index is 0.0395. The second-order valence-electron chi connectivity index (χ2n) is 11.9. The average molecular weight is 644 g/mol. The normalized spacial score (nSPS) is 18.2. The predicted molar refractivity (Wildman–Crippen MR) is 167 cm³/mol. The maximum Gasteiger partial charge on any atom is 0.423 e. The van der Waals surface area contributed by atoms with E-state index in [2.05, 4.69) is 12.8 Å². The molecule has 1 aromatic rings. The summed E-state index contributed by atoms with van der Waals surface area (Å²) in [6.45, 7) is 2.41. The fourth-order valence-electron chi connectivity index (χ4n) is 5.50. The Hall–Kier alpha value is -2.78. The van der Waals surface area contributed by atoms with Crippen molar-refractivity contribution in [2.45, 2.75) is 141 Å². The molecule has 1 saturated heterocycles. The summed E-state index contributed by atoms with van der Waals surface area (Å²) in [5.41, 5.74) is -4.14. The molecule has 0 aliphatic carbocycles. The fourth-order valence-corrected chi connectivity index (χ4v) is 5.50. The van der Waals surface area contributed by atoms with Gasteiger partial charge in [0, 0.05) is 26.2 Å². The lowest BCUT2D eigenvalue weighted by atomic mass is 10.0. The van der Waals surface area contributed by atoms with Crippen molar-refractivity contribution in [1.82, 2.24) is 14.5 Å². The molecule has 1 amide bonds. The lowest BCUT2D eigenvalue weighted by molar-refractivity contribution is -0.139. The van der Waals surface area contributed by atoms with Crippen molar-refractivity contribution in [3.8, 4) is 12.3 Å². The number of terminal acetylenes is 1. The van der Waals surface area contributed by atoms with Gasteiger partial charge in [-0.1, -0.05) is 109 Å². The Bertz CT molecular complexity index is 1150. The predicted octanol–water partition coefficient (Wildman–Crippen LogP) is 7.19. The minimum Gasteiger partial charge on any atom is -0.447 e. The van der Waals surface area contributed by atoms with E-state index >= 15 is 0 Å². The molecule has 0 aromatic carbocycles. The van der Waals surface area contributed by atoms with Crippen LogP contribution in [0, 0.1) is 12.3 Å². The number of unbranched alkanes of at least 4 members (excludes halogenated alkanes) is 15. The molecule has 1 aliphatic rings. The number of carbonyl (C=O) groups is 1. The molecule has 12 heteroatoms. The summed E-state index contributed by atoms with van der Waals surface area (Å²) in [7, 11) is 1.64. The van der Waals surface area contributed by atoms with Crippen molar-refractivity contribution in [1.29, 1.82) is 0 Å². The van der Waals surface area contributed by atoms with Gasteiger partial charge in [0.05, 0.1) is 6.10 Å². The van der Waals surface area contributed by atoms with Crippen LogP contribution in [0.5, 0.6) is 0 Å². The number of halogens is 3. The third-order valence-corrected chi connectivity index (χ3v) is 8.17. The summed E-state index contributed by atoms with van der Waals surface area (Å²) in [6, 6.07) is 0. The van der Waals surface area contributed by atoms with Crippen molar-refractivity contribution in [3.63, 3.8) is 0 Å². The highest BCUT2D eigenvalue weighted by atomic mass is 19.4. The van der Waals surface area contributed by atoms with Gasteiger partial charge in [0.25, 0.3) is 5.56 Å². The van der Waals surface area contributed by atoms with E-state index in [9.17, 15) is 27.6 Å². The third kappa shape index (κ3) is 14.5. The van der Waals surface area contributed by atoms with Crippen molar-refractivity contribution >= 4 is 6.09 Å². The molecule has 3 atom stereocenters. The number of hydrogen-bond donors (Lipinski definition) is 1. The van der Waals surface area contributed by atoms with Crippen LogP contribution in [0.4, 0.5) is 18.0 Å². The molecule has 2 rings (SSSR count). The van der Waals surface area contributed by atoms with Crippen LogP contribution in [0.3, 0.4) is 0 Å². The van der Waals surface area contributed by atoms with Crippen LogP contribution in [-0.4, -0.2) is 59.6 Å². The average Bonchev–Trinajstić information content (AvgIpc) is 3.40. The SMILES string of the molecule is C#CCO[C@H]1C[C@H](n2cc(C(F)(F)F)c(=O)[nH]c2=O)O[C@@H]1COC(=O)N(C)CCCCCCCCCCCCCCCCCC. The van der Waals surface area contributed by atoms with Crippen LogP contribution in [-0.2, 0) is 20.4 Å². The van der Waals surface area contributed by atoms with Crippen molar-refractivity contribution in [2.75, 3.05) is 26.8 Å². The molecular weight excluding hydrogens is 591 g/mol. The van der Waals surface area contributed by atoms with E-state index in [4.69, 9.17) is 20.6 Å². The molecule has 0 unspecified atom stereocenters. The summed E-state index contributed by atoms with van der Waals surface area (Å²) in [5, 5.41) is 0. The molecule has 0 bridgehead atoms. The van der Waals surface area contributed by atoms with E-state index in [1.165, 1.54) is 88.4 Å². The molecular formula is C33H52F3N3O6. The third-order valence-electron chi connectivity index (χ3n) is 8.17. The number of rotatable bonds is 22. The van der Waals surface area contributed by atoms with Gasteiger partial charge in [-0.05, 0) is 6.42 Å². The molecule has 2 heterocycles. The Balaban J connectivity index is 1.65. The molecule has 1 aliphatic heterocycles. The molecule has 256 valence electrons. The Kier molecular flexibility index (Phi) is 18.0. The van der Waals surface area contributed by atoms with Gasteiger partial charge >= 0.3 is 18.0 Å². The Morgan fingerprint density at radius 1 is 1.00 bits per heavy atom. The van der Waals surface area contributed by atoms with Crippen LogP contribution >= 0.6 is 0 Å². The topological polar surface area (TPSA) is 103 Å². The molecule has 45 heavy (non-hydrogen) atoms. The number of amides is 1. The highest BCUT2D eigenvalue weighted by molar-refractivity contribution is 5.67. The number of alkyl halides is 3. The zero-order valence-corrected chi connectivity index (χ0v) is 27.0. The standard InChI is InChI=1S/C33H52F3N3O6/c1-4-6-7-8-9-10-11-12-13-14-15-16-17-18-19-20-21-38(3)32(42)44-25-28-27(43-22-5-2)23-29(45-28)39-24-26(33(34,35)36)30(40)37-31(39)41/h2,24,27-29H,4,6-23,25H2,1,3H3,(H,37,40,41)/t27-,28+,29+/m0/s1. The second-order valence-corrected chi connectivity index (χ2v) is 11.9. The van der Waals surface area contributed by atoms with E-state index in [1.807, 2.05) is 0 Å². The number of aromatic nitrogens is 2. The van der Waals surface area contributed by atoms with Crippen molar-refractivity contribution in [3.05, 3.63) is 32.6 Å². The first-order chi connectivity index (χ1) is 21.6. The molecule has 1 fully saturated rings. The highest BCUT2D eigenvalue weighted by Crippen LogP contribution is 2.32. The first-order valence-corrected chi connectivity index (χ1v) is 16.6. The number of H-pyrrole nitrogens is 1. The summed E-state index contributed by atoms with van der Waals surface area (Å²) < 4.78 is 57.1. The van der Waals surface area contributed by atoms with Crippen LogP contribution in [0.25, 0.3) is 0 Å². The summed E-state index contributed by atoms with van der Waals surface area (Å²) in [6.07, 6.45) is 17.5. The maximum atomic E-state index is 13.2.